The van der Waals surface area contributed by atoms with Crippen LogP contribution in [-0.2, 0) is 0 Å². The maximum atomic E-state index is 5.07. The van der Waals surface area contributed by atoms with Gasteiger partial charge < -0.3 is 4.42 Å². The number of benzene rings is 1. The first kappa shape index (κ1) is 11.1. The molecule has 1 aromatic heterocycles. The SMILES string of the molecule is C(=Cc1ccccc1)/C=N/N=Cc1ccco1. The smallest absolute Gasteiger partial charge is 0.146 e. The lowest BCUT2D eigenvalue weighted by molar-refractivity contribution is 0.560. The van der Waals surface area contributed by atoms with Crippen LogP contribution in [0.2, 0.25) is 0 Å². The second-order valence-corrected chi connectivity index (χ2v) is 3.29. The molecule has 17 heavy (non-hydrogen) atoms. The Kier molecular flexibility index (Phi) is 4.06. The molecule has 0 saturated heterocycles. The number of furan rings is 1. The molecule has 0 bridgehead atoms. The Balaban J connectivity index is 1.84. The number of rotatable bonds is 4. The van der Waals surface area contributed by atoms with Crippen molar-refractivity contribution in [2.75, 3.05) is 0 Å². The third-order valence-electron chi connectivity index (χ3n) is 2.04. The van der Waals surface area contributed by atoms with Crippen molar-refractivity contribution in [3.8, 4) is 0 Å². The van der Waals surface area contributed by atoms with E-state index in [4.69, 9.17) is 4.42 Å². The summed E-state index contributed by atoms with van der Waals surface area (Å²) in [6.45, 7) is 0. The first-order valence-electron chi connectivity index (χ1n) is 5.27. The van der Waals surface area contributed by atoms with Crippen LogP contribution in [-0.4, -0.2) is 12.4 Å². The molecule has 0 fully saturated rings. The minimum Gasteiger partial charge on any atom is -0.463 e. The van der Waals surface area contributed by atoms with Gasteiger partial charge >= 0.3 is 0 Å². The molecule has 2 rings (SSSR count). The molecule has 0 aliphatic heterocycles. The Morgan fingerprint density at radius 1 is 0.941 bits per heavy atom. The first-order valence-corrected chi connectivity index (χ1v) is 5.27. The quantitative estimate of drug-likeness (QED) is 0.579. The second kappa shape index (κ2) is 6.23. The van der Waals surface area contributed by atoms with E-state index in [0.29, 0.717) is 5.76 Å². The van der Waals surface area contributed by atoms with Crippen LogP contribution in [0.3, 0.4) is 0 Å². The van der Waals surface area contributed by atoms with E-state index in [1.807, 2.05) is 48.6 Å². The zero-order valence-electron chi connectivity index (χ0n) is 9.23. The largest absolute Gasteiger partial charge is 0.463 e. The fourth-order valence-electron chi connectivity index (χ4n) is 1.25. The third-order valence-corrected chi connectivity index (χ3v) is 2.04. The summed E-state index contributed by atoms with van der Waals surface area (Å²) in [4.78, 5) is 0. The standard InChI is InChI=1S/C14H12N2O/c1-2-6-13(7-3-1)8-4-10-15-16-12-14-9-5-11-17-14/h1-12H/b8-4?,15-10+,16-12?. The van der Waals surface area contributed by atoms with Gasteiger partial charge in [-0.3, -0.25) is 0 Å². The highest BCUT2D eigenvalue weighted by Crippen LogP contribution is 1.99. The number of allylic oxidation sites excluding steroid dienone is 1. The Morgan fingerprint density at radius 2 is 1.82 bits per heavy atom. The van der Waals surface area contributed by atoms with Gasteiger partial charge in [-0.1, -0.05) is 36.4 Å². The van der Waals surface area contributed by atoms with Crippen molar-refractivity contribution >= 4 is 18.5 Å². The van der Waals surface area contributed by atoms with Crippen molar-refractivity contribution in [1.82, 2.24) is 0 Å². The van der Waals surface area contributed by atoms with Gasteiger partial charge in [0, 0.05) is 6.21 Å². The van der Waals surface area contributed by atoms with Crippen molar-refractivity contribution in [3.63, 3.8) is 0 Å². The molecule has 0 aliphatic carbocycles. The normalized spacial score (nSPS) is 12.0. The fraction of sp³-hybridized carbons (Fsp3) is 0. The molecule has 0 N–H and O–H groups in total. The highest BCUT2D eigenvalue weighted by molar-refractivity contribution is 5.80. The summed E-state index contributed by atoms with van der Waals surface area (Å²) < 4.78 is 5.07. The average molecular weight is 224 g/mol. The molecule has 2 aromatic rings. The maximum absolute atomic E-state index is 5.07. The second-order valence-electron chi connectivity index (χ2n) is 3.29. The fourth-order valence-corrected chi connectivity index (χ4v) is 1.25. The molecule has 3 heteroatoms. The van der Waals surface area contributed by atoms with E-state index in [0.717, 1.165) is 5.56 Å². The van der Waals surface area contributed by atoms with Crippen LogP contribution >= 0.6 is 0 Å². The highest BCUT2D eigenvalue weighted by Gasteiger charge is 1.85. The molecule has 1 aromatic carbocycles. The van der Waals surface area contributed by atoms with Gasteiger partial charge in [0.2, 0.25) is 0 Å². The number of hydrogen-bond acceptors (Lipinski definition) is 3. The Morgan fingerprint density at radius 3 is 2.59 bits per heavy atom. The minimum absolute atomic E-state index is 0.689. The van der Waals surface area contributed by atoms with Gasteiger partial charge in [-0.05, 0) is 23.8 Å². The van der Waals surface area contributed by atoms with E-state index < -0.39 is 0 Å². The summed E-state index contributed by atoms with van der Waals surface area (Å²) in [5, 5.41) is 7.70. The predicted molar refractivity (Wildman–Crippen MR) is 70.3 cm³/mol. The van der Waals surface area contributed by atoms with Crippen LogP contribution in [0.5, 0.6) is 0 Å². The molecule has 0 atom stereocenters. The zero-order chi connectivity index (χ0) is 11.8. The van der Waals surface area contributed by atoms with E-state index in [9.17, 15) is 0 Å². The minimum atomic E-state index is 0.689. The maximum Gasteiger partial charge on any atom is 0.146 e. The van der Waals surface area contributed by atoms with E-state index >= 15 is 0 Å². The van der Waals surface area contributed by atoms with Crippen LogP contribution in [0.15, 0.2) is 69.4 Å². The van der Waals surface area contributed by atoms with Crippen molar-refractivity contribution < 1.29 is 4.42 Å². The highest BCUT2D eigenvalue weighted by atomic mass is 16.3. The molecule has 0 aliphatic rings. The third kappa shape index (κ3) is 3.91. The molecule has 0 spiro atoms. The monoisotopic (exact) mass is 224 g/mol. The van der Waals surface area contributed by atoms with E-state index in [-0.39, 0.29) is 0 Å². The van der Waals surface area contributed by atoms with Crippen molar-refractivity contribution in [2.45, 2.75) is 0 Å². The molecule has 0 unspecified atom stereocenters. The zero-order valence-corrected chi connectivity index (χ0v) is 9.23. The van der Waals surface area contributed by atoms with Crippen molar-refractivity contribution in [3.05, 3.63) is 66.1 Å². The summed E-state index contributed by atoms with van der Waals surface area (Å²) in [7, 11) is 0. The summed E-state index contributed by atoms with van der Waals surface area (Å²) in [6.07, 6.45) is 8.60. The van der Waals surface area contributed by atoms with Crippen LogP contribution < -0.4 is 0 Å². The van der Waals surface area contributed by atoms with Crippen molar-refractivity contribution in [2.24, 2.45) is 10.2 Å². The van der Waals surface area contributed by atoms with Crippen LogP contribution in [0, 0.1) is 0 Å². The Labute approximate surface area is 99.8 Å². The van der Waals surface area contributed by atoms with Gasteiger partial charge in [0.15, 0.2) is 0 Å². The van der Waals surface area contributed by atoms with Crippen molar-refractivity contribution in [1.29, 1.82) is 0 Å². The van der Waals surface area contributed by atoms with Gasteiger partial charge in [0.25, 0.3) is 0 Å². The average Bonchev–Trinajstić information content (AvgIpc) is 2.88. The van der Waals surface area contributed by atoms with Gasteiger partial charge in [-0.15, -0.1) is 0 Å². The van der Waals surface area contributed by atoms with E-state index in [2.05, 4.69) is 10.2 Å². The molecular weight excluding hydrogens is 212 g/mol. The van der Waals surface area contributed by atoms with E-state index in [1.54, 1.807) is 24.8 Å². The van der Waals surface area contributed by atoms with Gasteiger partial charge in [0.1, 0.15) is 5.76 Å². The van der Waals surface area contributed by atoms with Gasteiger partial charge in [-0.2, -0.15) is 10.2 Å². The molecular formula is C14H12N2O. The topological polar surface area (TPSA) is 37.9 Å². The number of hydrogen-bond donors (Lipinski definition) is 0. The molecule has 0 saturated carbocycles. The lowest BCUT2D eigenvalue weighted by Crippen LogP contribution is -1.72. The molecule has 3 nitrogen and oxygen atoms in total. The Hall–Kier alpha value is -2.42. The molecule has 0 amide bonds. The molecule has 84 valence electrons. The summed E-state index contributed by atoms with van der Waals surface area (Å²) >= 11 is 0. The van der Waals surface area contributed by atoms with Crippen LogP contribution in [0.1, 0.15) is 11.3 Å². The van der Waals surface area contributed by atoms with Crippen LogP contribution in [0.25, 0.3) is 6.08 Å². The summed E-state index contributed by atoms with van der Waals surface area (Å²) in [5.74, 6) is 0.689. The summed E-state index contributed by atoms with van der Waals surface area (Å²) in [6, 6.07) is 13.6. The number of nitrogens with zero attached hydrogens (tertiary/aromatic N) is 2. The van der Waals surface area contributed by atoms with Crippen LogP contribution in [0.4, 0.5) is 0 Å². The van der Waals surface area contributed by atoms with E-state index in [1.165, 1.54) is 0 Å². The Bertz CT molecular complexity index is 510. The molecule has 0 radical (unpaired) electrons. The lowest BCUT2D eigenvalue weighted by Gasteiger charge is -1.87. The van der Waals surface area contributed by atoms with Gasteiger partial charge in [-0.25, -0.2) is 0 Å². The molecule has 1 heterocycles. The van der Waals surface area contributed by atoms with Gasteiger partial charge in [0.05, 0.1) is 12.5 Å². The lowest BCUT2D eigenvalue weighted by atomic mass is 10.2. The predicted octanol–water partition coefficient (Wildman–Crippen LogP) is 3.40. The first-order chi connectivity index (χ1) is 8.45. The summed E-state index contributed by atoms with van der Waals surface area (Å²) in [5.41, 5.74) is 1.13.